The molecule has 1 N–H and O–H groups in total. The summed E-state index contributed by atoms with van der Waals surface area (Å²) in [7, 11) is 0. The molecule has 0 atom stereocenters. The van der Waals surface area contributed by atoms with Crippen LogP contribution in [0.25, 0.3) is 0 Å². The zero-order chi connectivity index (χ0) is 15.0. The van der Waals surface area contributed by atoms with Crippen molar-refractivity contribution in [3.63, 3.8) is 0 Å². The second kappa shape index (κ2) is 17.0. The minimum Gasteiger partial charge on any atom is -0.478 e. The highest BCUT2D eigenvalue weighted by Gasteiger charge is 1.90. The van der Waals surface area contributed by atoms with Gasteiger partial charge in [0, 0.05) is 11.6 Å². The maximum Gasteiger partial charge on any atom is 0.330 e. The number of hydrogen-bond donors (Lipinski definition) is 1. The number of carboxylic acids is 1. The molecule has 0 aromatic carbocycles. The summed E-state index contributed by atoms with van der Waals surface area (Å²) in [5.41, 5.74) is 0.176. The molecule has 0 aliphatic rings. The first-order valence-corrected chi connectivity index (χ1v) is 4.89. The molecule has 0 heterocycles. The number of esters is 1. The van der Waals surface area contributed by atoms with Crippen molar-refractivity contribution < 1.29 is 19.4 Å². The highest BCUT2D eigenvalue weighted by atomic mass is 16.5. The Balaban J connectivity index is -0.000000200. The number of carboxylic acid groups (broad SMARTS) is 1. The van der Waals surface area contributed by atoms with Crippen LogP contribution in [0.4, 0.5) is 0 Å². The van der Waals surface area contributed by atoms with Crippen LogP contribution in [0, 0.1) is 0 Å². The van der Waals surface area contributed by atoms with Crippen LogP contribution >= 0.6 is 0 Å². The first-order chi connectivity index (χ1) is 8.37. The van der Waals surface area contributed by atoms with Gasteiger partial charge in [-0.1, -0.05) is 51.1 Å². The van der Waals surface area contributed by atoms with Gasteiger partial charge >= 0.3 is 11.9 Å². The Labute approximate surface area is 108 Å². The molecule has 100 valence electrons. The van der Waals surface area contributed by atoms with Gasteiger partial charge in [0.1, 0.15) is 6.61 Å². The molecule has 0 fully saturated rings. The van der Waals surface area contributed by atoms with Crippen molar-refractivity contribution in [2.24, 2.45) is 0 Å². The fourth-order valence-corrected chi connectivity index (χ4v) is 0.200. The molecule has 0 spiro atoms. The standard InChI is InChI=1S/C6H8O2.C4H6O2.C4H6/c1-3-5-8-6(7)4-2;1-3(2)4(5)6;1-3-4-2/h3-4H,1-2,5H2;1H2,2H3,(H,5,6);3-4H,1-2H2. The first-order valence-electron chi connectivity index (χ1n) is 4.89. The molecule has 0 aliphatic heterocycles. The minimum atomic E-state index is -0.935. The normalized spacial score (nSPS) is 6.94. The SMILES string of the molecule is C=C(C)C(=O)O.C=CC=C.C=CCOC(=O)C=C. The zero-order valence-electron chi connectivity index (χ0n) is 10.7. The molecule has 0 saturated heterocycles. The molecule has 0 amide bonds. The van der Waals surface area contributed by atoms with Crippen LogP contribution < -0.4 is 0 Å². The van der Waals surface area contributed by atoms with E-state index < -0.39 is 11.9 Å². The lowest BCUT2D eigenvalue weighted by molar-refractivity contribution is -0.136. The predicted octanol–water partition coefficient (Wildman–Crippen LogP) is 2.91. The monoisotopic (exact) mass is 252 g/mol. The third kappa shape index (κ3) is 29.2. The third-order valence-corrected chi connectivity index (χ3v) is 1.04. The van der Waals surface area contributed by atoms with Crippen LogP contribution in [0.3, 0.4) is 0 Å². The van der Waals surface area contributed by atoms with E-state index in [0.29, 0.717) is 0 Å². The van der Waals surface area contributed by atoms with E-state index in [9.17, 15) is 9.59 Å². The molecular formula is C14H20O4. The number of rotatable bonds is 5. The van der Waals surface area contributed by atoms with Gasteiger partial charge in [-0.3, -0.25) is 0 Å². The van der Waals surface area contributed by atoms with Gasteiger partial charge in [0.2, 0.25) is 0 Å². The average molecular weight is 252 g/mol. The summed E-state index contributed by atoms with van der Waals surface area (Å²) in [5.74, 6) is -1.35. The second-order valence-electron chi connectivity index (χ2n) is 2.68. The number of hydrogen-bond acceptors (Lipinski definition) is 3. The maximum atomic E-state index is 10.2. The summed E-state index contributed by atoms with van der Waals surface area (Å²) in [5, 5.41) is 7.89. The molecule has 0 aromatic heterocycles. The Bertz CT molecular complexity index is 296. The maximum absolute atomic E-state index is 10.2. The van der Waals surface area contributed by atoms with E-state index >= 15 is 0 Å². The fourth-order valence-electron chi connectivity index (χ4n) is 0.200. The molecule has 0 bridgehead atoms. The fraction of sp³-hybridized carbons (Fsp3) is 0.143. The van der Waals surface area contributed by atoms with Crippen molar-refractivity contribution in [2.75, 3.05) is 6.61 Å². The van der Waals surface area contributed by atoms with Crippen molar-refractivity contribution in [2.45, 2.75) is 6.92 Å². The largest absolute Gasteiger partial charge is 0.478 e. The lowest BCUT2D eigenvalue weighted by Gasteiger charge is -1.92. The Morgan fingerprint density at radius 3 is 1.72 bits per heavy atom. The van der Waals surface area contributed by atoms with E-state index in [1.165, 1.54) is 13.0 Å². The molecule has 0 unspecified atom stereocenters. The Morgan fingerprint density at radius 1 is 1.17 bits per heavy atom. The number of ether oxygens (including phenoxy) is 1. The summed E-state index contributed by atoms with van der Waals surface area (Å²) >= 11 is 0. The Kier molecular flexibility index (Phi) is 19.9. The molecular weight excluding hydrogens is 232 g/mol. The molecule has 0 aromatic rings. The first kappa shape index (κ1) is 21.0. The molecule has 0 saturated carbocycles. The van der Waals surface area contributed by atoms with E-state index in [0.717, 1.165) is 6.08 Å². The minimum absolute atomic E-state index is 0.176. The molecule has 18 heavy (non-hydrogen) atoms. The van der Waals surface area contributed by atoms with Gasteiger partial charge < -0.3 is 9.84 Å². The van der Waals surface area contributed by atoms with Crippen molar-refractivity contribution in [3.05, 3.63) is 62.8 Å². The lowest BCUT2D eigenvalue weighted by Crippen LogP contribution is -1.98. The highest BCUT2D eigenvalue weighted by molar-refractivity contribution is 5.84. The van der Waals surface area contributed by atoms with Crippen LogP contribution in [0.15, 0.2) is 62.8 Å². The molecule has 0 radical (unpaired) electrons. The average Bonchev–Trinajstić information content (AvgIpc) is 2.36. The summed E-state index contributed by atoms with van der Waals surface area (Å²) in [6.45, 7) is 18.1. The molecule has 4 heteroatoms. The van der Waals surface area contributed by atoms with Crippen LogP contribution in [-0.2, 0) is 14.3 Å². The molecule has 0 rings (SSSR count). The van der Waals surface area contributed by atoms with Crippen LogP contribution in [-0.4, -0.2) is 23.7 Å². The number of carbonyl (C=O) groups is 2. The second-order valence-corrected chi connectivity index (χ2v) is 2.68. The van der Waals surface area contributed by atoms with Gasteiger partial charge in [0.25, 0.3) is 0 Å². The quantitative estimate of drug-likeness (QED) is 0.353. The smallest absolute Gasteiger partial charge is 0.330 e. The Hall–Kier alpha value is -2.36. The molecule has 0 aliphatic carbocycles. The van der Waals surface area contributed by atoms with E-state index in [1.54, 1.807) is 12.2 Å². The molecule has 4 nitrogen and oxygen atoms in total. The van der Waals surface area contributed by atoms with E-state index in [1.807, 2.05) is 0 Å². The van der Waals surface area contributed by atoms with Crippen molar-refractivity contribution in [3.8, 4) is 0 Å². The van der Waals surface area contributed by atoms with Gasteiger partial charge in [-0.15, -0.1) is 0 Å². The van der Waals surface area contributed by atoms with Gasteiger partial charge in [0.05, 0.1) is 0 Å². The van der Waals surface area contributed by atoms with Gasteiger partial charge in [-0.05, 0) is 6.92 Å². The van der Waals surface area contributed by atoms with E-state index in [4.69, 9.17) is 5.11 Å². The highest BCUT2D eigenvalue weighted by Crippen LogP contribution is 1.81. The van der Waals surface area contributed by atoms with E-state index in [-0.39, 0.29) is 12.2 Å². The van der Waals surface area contributed by atoms with Crippen LogP contribution in [0.2, 0.25) is 0 Å². The zero-order valence-corrected chi connectivity index (χ0v) is 10.7. The van der Waals surface area contributed by atoms with Crippen molar-refractivity contribution >= 4 is 11.9 Å². The number of allylic oxidation sites excluding steroid dienone is 2. The lowest BCUT2D eigenvalue weighted by atomic mass is 10.4. The number of aliphatic carboxylic acids is 1. The summed E-state index contributed by atoms with van der Waals surface area (Å²) < 4.78 is 4.47. The topological polar surface area (TPSA) is 63.6 Å². The van der Waals surface area contributed by atoms with Crippen molar-refractivity contribution in [1.29, 1.82) is 0 Å². The third-order valence-electron chi connectivity index (χ3n) is 1.04. The van der Waals surface area contributed by atoms with Gasteiger partial charge in [-0.25, -0.2) is 9.59 Å². The van der Waals surface area contributed by atoms with Gasteiger partial charge in [0.15, 0.2) is 0 Å². The van der Waals surface area contributed by atoms with E-state index in [2.05, 4.69) is 37.6 Å². The summed E-state index contributed by atoms with van der Waals surface area (Å²) in [6.07, 6.45) is 5.89. The van der Waals surface area contributed by atoms with Crippen molar-refractivity contribution in [1.82, 2.24) is 0 Å². The predicted molar refractivity (Wildman–Crippen MR) is 74.2 cm³/mol. The summed E-state index contributed by atoms with van der Waals surface area (Å²) in [4.78, 5) is 19.8. The Morgan fingerprint density at radius 2 is 1.56 bits per heavy atom. The summed E-state index contributed by atoms with van der Waals surface area (Å²) in [6, 6.07) is 0. The van der Waals surface area contributed by atoms with Gasteiger partial charge in [-0.2, -0.15) is 0 Å². The number of carbonyl (C=O) groups excluding carboxylic acids is 1. The van der Waals surface area contributed by atoms with Crippen LogP contribution in [0.5, 0.6) is 0 Å². The van der Waals surface area contributed by atoms with Crippen LogP contribution in [0.1, 0.15) is 6.92 Å².